The number of benzene rings is 1. The Kier molecular flexibility index (Phi) is 5.35. The Morgan fingerprint density at radius 2 is 2.27 bits per heavy atom. The number of nitrogens with zero attached hydrogens (tertiary/aromatic N) is 1. The van der Waals surface area contributed by atoms with Crippen molar-refractivity contribution in [2.45, 2.75) is 19.1 Å². The van der Waals surface area contributed by atoms with Crippen molar-refractivity contribution in [3.8, 4) is 5.75 Å². The van der Waals surface area contributed by atoms with Crippen LogP contribution in [0, 0.1) is 0 Å². The third-order valence-electron chi connectivity index (χ3n) is 3.43. The lowest BCUT2D eigenvalue weighted by Crippen LogP contribution is -2.51. The summed E-state index contributed by atoms with van der Waals surface area (Å²) in [5.41, 5.74) is 11.4. The molecule has 1 saturated heterocycles. The van der Waals surface area contributed by atoms with Gasteiger partial charge in [-0.25, -0.2) is 0 Å². The highest BCUT2D eigenvalue weighted by molar-refractivity contribution is 5.94. The molecule has 0 saturated carbocycles. The van der Waals surface area contributed by atoms with Gasteiger partial charge in [-0.3, -0.25) is 9.59 Å². The van der Waals surface area contributed by atoms with Crippen molar-refractivity contribution in [2.75, 3.05) is 26.3 Å². The van der Waals surface area contributed by atoms with Crippen molar-refractivity contribution in [1.82, 2.24) is 4.90 Å². The normalized spacial score (nSPS) is 19.5. The molecule has 7 nitrogen and oxygen atoms in total. The van der Waals surface area contributed by atoms with Gasteiger partial charge < -0.3 is 25.8 Å². The lowest BCUT2D eigenvalue weighted by atomic mass is 10.1. The number of carbonyl (C=O) groups excluding carboxylic acids is 2. The van der Waals surface area contributed by atoms with Crippen molar-refractivity contribution in [2.24, 2.45) is 11.5 Å². The molecular formula is C15H21N3O4. The van der Waals surface area contributed by atoms with Crippen LogP contribution in [0.1, 0.15) is 17.3 Å². The minimum atomic E-state index is -0.565. The molecule has 0 spiro atoms. The highest BCUT2D eigenvalue weighted by Gasteiger charge is 2.27. The second kappa shape index (κ2) is 7.24. The van der Waals surface area contributed by atoms with Crippen molar-refractivity contribution >= 4 is 11.8 Å². The molecule has 7 heteroatoms. The van der Waals surface area contributed by atoms with Gasteiger partial charge in [0.1, 0.15) is 5.75 Å². The molecule has 22 heavy (non-hydrogen) atoms. The minimum Gasteiger partial charge on any atom is -0.484 e. The van der Waals surface area contributed by atoms with Crippen molar-refractivity contribution < 1.29 is 19.1 Å². The Balaban J connectivity index is 2.05. The SMILES string of the molecule is CC(N)C1CN(C(=O)c2cccc(OCC(N)=O)c2)CCO1. The maximum atomic E-state index is 12.5. The summed E-state index contributed by atoms with van der Waals surface area (Å²) < 4.78 is 10.8. The second-order valence-corrected chi connectivity index (χ2v) is 5.30. The van der Waals surface area contributed by atoms with Crippen LogP contribution >= 0.6 is 0 Å². The molecule has 1 aromatic rings. The van der Waals surface area contributed by atoms with E-state index in [0.29, 0.717) is 31.0 Å². The van der Waals surface area contributed by atoms with Crippen LogP contribution in [0.25, 0.3) is 0 Å². The van der Waals surface area contributed by atoms with E-state index >= 15 is 0 Å². The molecule has 4 N–H and O–H groups in total. The van der Waals surface area contributed by atoms with Crippen LogP contribution in [0.3, 0.4) is 0 Å². The summed E-state index contributed by atoms with van der Waals surface area (Å²) in [4.78, 5) is 25.0. The van der Waals surface area contributed by atoms with E-state index in [1.807, 2.05) is 6.92 Å². The lowest BCUT2D eigenvalue weighted by molar-refractivity contribution is -0.119. The molecule has 1 aliphatic rings. The van der Waals surface area contributed by atoms with Gasteiger partial charge in [0.25, 0.3) is 11.8 Å². The molecule has 0 aliphatic carbocycles. The van der Waals surface area contributed by atoms with E-state index in [9.17, 15) is 9.59 Å². The van der Waals surface area contributed by atoms with Gasteiger partial charge in [0, 0.05) is 24.7 Å². The predicted octanol–water partition coefficient (Wildman–Crippen LogP) is -0.261. The average molecular weight is 307 g/mol. The number of carbonyl (C=O) groups is 2. The third kappa shape index (κ3) is 4.19. The maximum absolute atomic E-state index is 12.5. The van der Waals surface area contributed by atoms with E-state index in [1.165, 1.54) is 0 Å². The van der Waals surface area contributed by atoms with Gasteiger partial charge in [0.05, 0.1) is 12.7 Å². The van der Waals surface area contributed by atoms with Crippen LogP contribution in [0.15, 0.2) is 24.3 Å². The van der Waals surface area contributed by atoms with Crippen LogP contribution in [-0.2, 0) is 9.53 Å². The van der Waals surface area contributed by atoms with Gasteiger partial charge in [-0.1, -0.05) is 6.07 Å². The molecule has 0 bridgehead atoms. The quantitative estimate of drug-likeness (QED) is 0.779. The van der Waals surface area contributed by atoms with Crippen molar-refractivity contribution in [3.05, 3.63) is 29.8 Å². The summed E-state index contributed by atoms with van der Waals surface area (Å²) >= 11 is 0. The molecule has 1 aromatic carbocycles. The summed E-state index contributed by atoms with van der Waals surface area (Å²) in [6.07, 6.45) is -0.160. The molecule has 0 radical (unpaired) electrons. The highest BCUT2D eigenvalue weighted by atomic mass is 16.5. The van der Waals surface area contributed by atoms with Gasteiger partial charge >= 0.3 is 0 Å². The number of amides is 2. The largest absolute Gasteiger partial charge is 0.484 e. The number of morpholine rings is 1. The Morgan fingerprint density at radius 3 is 2.95 bits per heavy atom. The number of primary amides is 1. The van der Waals surface area contributed by atoms with E-state index in [2.05, 4.69) is 0 Å². The molecule has 1 aliphatic heterocycles. The van der Waals surface area contributed by atoms with E-state index in [1.54, 1.807) is 29.2 Å². The molecular weight excluding hydrogens is 286 g/mol. The van der Waals surface area contributed by atoms with Crippen molar-refractivity contribution in [3.63, 3.8) is 0 Å². The van der Waals surface area contributed by atoms with Crippen molar-refractivity contribution in [1.29, 1.82) is 0 Å². The first-order valence-electron chi connectivity index (χ1n) is 7.15. The molecule has 120 valence electrons. The zero-order valence-electron chi connectivity index (χ0n) is 12.5. The Labute approximate surface area is 129 Å². The van der Waals surface area contributed by atoms with Crippen LogP contribution in [0.5, 0.6) is 5.75 Å². The first-order valence-corrected chi connectivity index (χ1v) is 7.15. The highest BCUT2D eigenvalue weighted by Crippen LogP contribution is 2.17. The lowest BCUT2D eigenvalue weighted by Gasteiger charge is -2.34. The first-order chi connectivity index (χ1) is 10.5. The smallest absolute Gasteiger partial charge is 0.255 e. The molecule has 2 rings (SSSR count). The molecule has 1 fully saturated rings. The molecule has 0 aromatic heterocycles. The number of hydrogen-bond acceptors (Lipinski definition) is 5. The van der Waals surface area contributed by atoms with Crippen LogP contribution < -0.4 is 16.2 Å². The van der Waals surface area contributed by atoms with Gasteiger partial charge in [-0.2, -0.15) is 0 Å². The van der Waals surface area contributed by atoms with E-state index in [4.69, 9.17) is 20.9 Å². The fourth-order valence-electron chi connectivity index (χ4n) is 2.23. The van der Waals surface area contributed by atoms with E-state index in [0.717, 1.165) is 0 Å². The van der Waals surface area contributed by atoms with Crippen LogP contribution in [0.4, 0.5) is 0 Å². The third-order valence-corrected chi connectivity index (χ3v) is 3.43. The number of rotatable bonds is 5. The minimum absolute atomic E-state index is 0.113. The number of ether oxygens (including phenoxy) is 2. The fraction of sp³-hybridized carbons (Fsp3) is 0.467. The van der Waals surface area contributed by atoms with E-state index in [-0.39, 0.29) is 24.7 Å². The Morgan fingerprint density at radius 1 is 1.50 bits per heavy atom. The molecule has 2 amide bonds. The second-order valence-electron chi connectivity index (χ2n) is 5.30. The standard InChI is InChI=1S/C15H21N3O4/c1-10(16)13-8-18(5-6-21-13)15(20)11-3-2-4-12(7-11)22-9-14(17)19/h2-4,7,10,13H,5-6,8-9,16H2,1H3,(H2,17,19). The van der Waals surface area contributed by atoms with Crippen LogP contribution in [-0.4, -0.2) is 55.2 Å². The monoisotopic (exact) mass is 307 g/mol. The van der Waals surface area contributed by atoms with Gasteiger partial charge in [0.15, 0.2) is 6.61 Å². The zero-order valence-corrected chi connectivity index (χ0v) is 12.5. The summed E-state index contributed by atoms with van der Waals surface area (Å²) in [7, 11) is 0. The zero-order chi connectivity index (χ0) is 16.1. The number of nitrogens with two attached hydrogens (primary N) is 2. The van der Waals surface area contributed by atoms with Gasteiger partial charge in [-0.05, 0) is 25.1 Å². The summed E-state index contributed by atoms with van der Waals surface area (Å²) in [6.45, 7) is 3.09. The molecule has 2 atom stereocenters. The van der Waals surface area contributed by atoms with Gasteiger partial charge in [-0.15, -0.1) is 0 Å². The molecule has 1 heterocycles. The topological polar surface area (TPSA) is 108 Å². The molecule has 2 unspecified atom stereocenters. The predicted molar refractivity (Wildman–Crippen MR) is 80.4 cm³/mol. The van der Waals surface area contributed by atoms with E-state index < -0.39 is 5.91 Å². The van der Waals surface area contributed by atoms with Crippen LogP contribution in [0.2, 0.25) is 0 Å². The van der Waals surface area contributed by atoms with Gasteiger partial charge in [0.2, 0.25) is 0 Å². The average Bonchev–Trinajstić information content (AvgIpc) is 2.52. The summed E-state index contributed by atoms with van der Waals surface area (Å²) in [5, 5.41) is 0. The summed E-state index contributed by atoms with van der Waals surface area (Å²) in [5.74, 6) is -0.246. The Hall–Kier alpha value is -2.12. The fourth-order valence-corrected chi connectivity index (χ4v) is 2.23. The maximum Gasteiger partial charge on any atom is 0.255 e. The number of hydrogen-bond donors (Lipinski definition) is 2. The first kappa shape index (κ1) is 16.3. The Bertz CT molecular complexity index is 547. The summed E-state index contributed by atoms with van der Waals surface area (Å²) in [6, 6.07) is 6.54.